The number of rotatable bonds is 8. The molecule has 0 saturated heterocycles. The number of carbonyl (C=O) groups excluding carboxylic acids is 2. The Morgan fingerprint density at radius 1 is 1.13 bits per heavy atom. The molecule has 5 rings (SSSR count). The number of aromatic nitrogens is 2. The minimum absolute atomic E-state index is 0.0237. The molecule has 39 heavy (non-hydrogen) atoms. The molecule has 0 unspecified atom stereocenters. The molecule has 2 aliphatic carbocycles. The van der Waals surface area contributed by atoms with Crippen LogP contribution in [-0.2, 0) is 14.9 Å². The number of benzene rings is 2. The van der Waals surface area contributed by atoms with E-state index in [0.717, 1.165) is 37.5 Å². The molecule has 2 fully saturated rings. The van der Waals surface area contributed by atoms with Crippen molar-refractivity contribution in [3.05, 3.63) is 65.5 Å². The van der Waals surface area contributed by atoms with E-state index in [4.69, 9.17) is 4.74 Å². The van der Waals surface area contributed by atoms with E-state index in [9.17, 15) is 27.2 Å². The predicted molar refractivity (Wildman–Crippen MR) is 129 cm³/mol. The van der Waals surface area contributed by atoms with Gasteiger partial charge in [0.15, 0.2) is 0 Å². The summed E-state index contributed by atoms with van der Waals surface area (Å²) in [7, 11) is 0. The predicted octanol–water partition coefficient (Wildman–Crippen LogP) is 6.30. The van der Waals surface area contributed by atoms with Crippen molar-refractivity contribution in [3.63, 3.8) is 0 Å². The lowest BCUT2D eigenvalue weighted by molar-refractivity contribution is -0.274. The van der Waals surface area contributed by atoms with Crippen LogP contribution in [0.4, 0.5) is 27.6 Å². The molecule has 12 heteroatoms. The van der Waals surface area contributed by atoms with Crippen LogP contribution in [-0.4, -0.2) is 34.6 Å². The van der Waals surface area contributed by atoms with Crippen LogP contribution in [0.3, 0.4) is 0 Å². The van der Waals surface area contributed by atoms with Gasteiger partial charge in [0.25, 0.3) is 0 Å². The number of hydrogen-bond acceptors (Lipinski definition) is 5. The smallest absolute Gasteiger partial charge is 0.462 e. The molecule has 1 amide bonds. The molecule has 0 aliphatic heterocycles. The minimum atomic E-state index is -4.99. The highest BCUT2D eigenvalue weighted by Crippen LogP contribution is 2.50. The van der Waals surface area contributed by atoms with Crippen LogP contribution >= 0.6 is 0 Å². The highest BCUT2D eigenvalue weighted by Gasteiger charge is 2.53. The van der Waals surface area contributed by atoms with Crippen molar-refractivity contribution in [3.8, 4) is 16.9 Å². The largest absolute Gasteiger partial charge is 0.573 e. The van der Waals surface area contributed by atoms with Gasteiger partial charge in [-0.25, -0.2) is 13.6 Å². The van der Waals surface area contributed by atoms with E-state index < -0.39 is 41.0 Å². The van der Waals surface area contributed by atoms with Crippen molar-refractivity contribution in [2.75, 3.05) is 11.9 Å². The summed E-state index contributed by atoms with van der Waals surface area (Å²) < 4.78 is 78.2. The van der Waals surface area contributed by atoms with Crippen molar-refractivity contribution in [2.24, 2.45) is 0 Å². The van der Waals surface area contributed by atoms with E-state index >= 15 is 4.39 Å². The van der Waals surface area contributed by atoms with Crippen molar-refractivity contribution in [1.29, 1.82) is 0 Å². The van der Waals surface area contributed by atoms with Crippen LogP contribution in [0.2, 0.25) is 0 Å². The van der Waals surface area contributed by atoms with Gasteiger partial charge in [0.1, 0.15) is 17.4 Å². The summed E-state index contributed by atoms with van der Waals surface area (Å²) in [5.74, 6) is -4.08. The average molecular weight is 549 g/mol. The quantitative estimate of drug-likeness (QED) is 0.264. The molecule has 7 nitrogen and oxygen atoms in total. The molecule has 206 valence electrons. The lowest BCUT2D eigenvalue weighted by atomic mass is 9.93. The van der Waals surface area contributed by atoms with Crippen molar-refractivity contribution < 1.29 is 41.0 Å². The third kappa shape index (κ3) is 5.32. The number of nitrogens with zero attached hydrogens (tertiary/aromatic N) is 2. The number of alkyl halides is 3. The van der Waals surface area contributed by atoms with Crippen LogP contribution in [0.25, 0.3) is 11.1 Å². The average Bonchev–Trinajstić information content (AvgIpc) is 3.49. The summed E-state index contributed by atoms with van der Waals surface area (Å²) in [4.78, 5) is 26.0. The number of esters is 1. The summed E-state index contributed by atoms with van der Waals surface area (Å²) in [5, 5.41) is 6.84. The fraction of sp³-hybridized carbons (Fsp3) is 0.370. The maximum Gasteiger partial charge on any atom is 0.573 e. The zero-order chi connectivity index (χ0) is 27.9. The summed E-state index contributed by atoms with van der Waals surface area (Å²) in [6, 6.07) is 5.10. The van der Waals surface area contributed by atoms with Gasteiger partial charge >= 0.3 is 12.3 Å². The van der Waals surface area contributed by atoms with Gasteiger partial charge in [-0.1, -0.05) is 6.07 Å². The van der Waals surface area contributed by atoms with Crippen LogP contribution in [0, 0.1) is 11.6 Å². The van der Waals surface area contributed by atoms with Gasteiger partial charge in [-0.05, 0) is 57.2 Å². The van der Waals surface area contributed by atoms with Gasteiger partial charge in [0, 0.05) is 34.6 Å². The Labute approximate surface area is 219 Å². The van der Waals surface area contributed by atoms with Gasteiger partial charge in [0.05, 0.1) is 29.8 Å². The second-order valence-corrected chi connectivity index (χ2v) is 9.62. The number of anilines is 1. The summed E-state index contributed by atoms with van der Waals surface area (Å²) in [6.07, 6.45) is 1.57. The second-order valence-electron chi connectivity index (χ2n) is 9.62. The van der Waals surface area contributed by atoms with Crippen LogP contribution in [0.15, 0.2) is 42.7 Å². The number of carbonyl (C=O) groups is 2. The third-order valence-electron chi connectivity index (χ3n) is 7.06. The lowest BCUT2D eigenvalue weighted by Crippen LogP contribution is -2.29. The fourth-order valence-electron chi connectivity index (χ4n) is 4.74. The van der Waals surface area contributed by atoms with E-state index in [2.05, 4.69) is 15.2 Å². The standard InChI is InChI=1S/C27H24F5N3O4/c1-2-38-24(36)19-10-16(11-22(29)23(19)15-13-33-35(14-15)17-4-3-5-17)34-25(37)26(8-9-26)20-7-6-18(12-21(20)28)39-27(30,31)32/h6-7,10-14,17H,2-5,8-9H2,1H3,(H,34,37). The van der Waals surface area contributed by atoms with Gasteiger partial charge in [-0.3, -0.25) is 9.48 Å². The minimum Gasteiger partial charge on any atom is -0.462 e. The van der Waals surface area contributed by atoms with Crippen LogP contribution in [0.5, 0.6) is 5.75 Å². The Balaban J connectivity index is 1.43. The Morgan fingerprint density at radius 3 is 2.46 bits per heavy atom. The molecule has 0 radical (unpaired) electrons. The first-order valence-corrected chi connectivity index (χ1v) is 12.4. The summed E-state index contributed by atoms with van der Waals surface area (Å²) in [5.41, 5.74) is -1.29. The number of ether oxygens (including phenoxy) is 2. The highest BCUT2D eigenvalue weighted by molar-refractivity contribution is 6.04. The first-order valence-electron chi connectivity index (χ1n) is 12.4. The first kappa shape index (κ1) is 26.6. The molecule has 2 aromatic carbocycles. The van der Waals surface area contributed by atoms with Gasteiger partial charge in [-0.2, -0.15) is 5.10 Å². The van der Waals surface area contributed by atoms with Gasteiger partial charge in [-0.15, -0.1) is 13.2 Å². The monoisotopic (exact) mass is 549 g/mol. The maximum atomic E-state index is 15.5. The zero-order valence-corrected chi connectivity index (χ0v) is 20.8. The molecule has 1 N–H and O–H groups in total. The Bertz CT molecular complexity index is 1430. The van der Waals surface area contributed by atoms with Crippen LogP contribution in [0.1, 0.15) is 61.0 Å². The third-order valence-corrected chi connectivity index (χ3v) is 7.06. The van der Waals surface area contributed by atoms with Crippen molar-refractivity contribution in [1.82, 2.24) is 9.78 Å². The number of amides is 1. The van der Waals surface area contributed by atoms with E-state index in [0.29, 0.717) is 11.6 Å². The molecule has 3 aromatic rings. The molecule has 2 aliphatic rings. The molecule has 2 saturated carbocycles. The van der Waals surface area contributed by atoms with E-state index in [1.54, 1.807) is 17.8 Å². The second kappa shape index (κ2) is 9.97. The van der Waals surface area contributed by atoms with Gasteiger partial charge in [0.2, 0.25) is 5.91 Å². The van der Waals surface area contributed by atoms with E-state index in [1.165, 1.54) is 12.3 Å². The molecule has 0 atom stereocenters. The maximum absolute atomic E-state index is 15.5. The Hall–Kier alpha value is -3.96. The fourth-order valence-corrected chi connectivity index (χ4v) is 4.74. The number of nitrogens with one attached hydrogen (secondary N) is 1. The van der Waals surface area contributed by atoms with Crippen molar-refractivity contribution in [2.45, 2.75) is 56.8 Å². The first-order chi connectivity index (χ1) is 18.5. The molecular weight excluding hydrogens is 525 g/mol. The molecule has 0 bridgehead atoms. The number of halogens is 5. The molecule has 0 spiro atoms. The molecule has 1 aromatic heterocycles. The SMILES string of the molecule is CCOC(=O)c1cc(NC(=O)C2(c3ccc(OC(F)(F)F)cc3F)CC2)cc(F)c1-c1cnn(C2CCC2)c1. The molecule has 1 heterocycles. The highest BCUT2D eigenvalue weighted by atomic mass is 19.4. The topological polar surface area (TPSA) is 82.4 Å². The van der Waals surface area contributed by atoms with Gasteiger partial charge < -0.3 is 14.8 Å². The van der Waals surface area contributed by atoms with Crippen molar-refractivity contribution >= 4 is 17.6 Å². The summed E-state index contributed by atoms with van der Waals surface area (Å²) in [6.45, 7) is 1.64. The van der Waals surface area contributed by atoms with E-state index in [-0.39, 0.29) is 47.9 Å². The Kier molecular flexibility index (Phi) is 6.81. The van der Waals surface area contributed by atoms with Crippen LogP contribution < -0.4 is 10.1 Å². The summed E-state index contributed by atoms with van der Waals surface area (Å²) >= 11 is 0. The lowest BCUT2D eigenvalue weighted by Gasteiger charge is -2.25. The zero-order valence-electron chi connectivity index (χ0n) is 20.8. The normalized spacial score (nSPS) is 16.4. The molecular formula is C27H24F5N3O4. The van der Waals surface area contributed by atoms with E-state index in [1.807, 2.05) is 0 Å². The number of hydrogen-bond donors (Lipinski definition) is 1. The Morgan fingerprint density at radius 2 is 1.87 bits per heavy atom.